The number of rotatable bonds is 5. The van der Waals surface area contributed by atoms with Gasteiger partial charge in [0.15, 0.2) is 5.82 Å². The van der Waals surface area contributed by atoms with E-state index in [0.717, 1.165) is 36.7 Å². The van der Waals surface area contributed by atoms with Crippen molar-refractivity contribution in [1.29, 1.82) is 0 Å². The first kappa shape index (κ1) is 16.6. The summed E-state index contributed by atoms with van der Waals surface area (Å²) in [5, 5.41) is 7.46. The molecule has 3 heterocycles. The molecule has 1 aromatic carbocycles. The van der Waals surface area contributed by atoms with E-state index in [1.165, 1.54) is 5.56 Å². The lowest BCUT2D eigenvalue weighted by molar-refractivity contribution is 0.270. The van der Waals surface area contributed by atoms with Crippen LogP contribution in [-0.2, 0) is 0 Å². The van der Waals surface area contributed by atoms with Crippen molar-refractivity contribution >= 4 is 5.82 Å². The topological polar surface area (TPSA) is 73.1 Å². The molecule has 1 atom stereocenters. The molecule has 0 saturated heterocycles. The zero-order chi connectivity index (χ0) is 17.9. The molecule has 0 bridgehead atoms. The maximum Gasteiger partial charge on any atom is 0.258 e. The maximum absolute atomic E-state index is 5.73. The molecule has 1 unspecified atom stereocenters. The van der Waals surface area contributed by atoms with Gasteiger partial charge in [-0.2, -0.15) is 4.98 Å². The van der Waals surface area contributed by atoms with Crippen LogP contribution in [0.4, 0.5) is 5.82 Å². The van der Waals surface area contributed by atoms with Gasteiger partial charge in [0, 0.05) is 30.1 Å². The van der Waals surface area contributed by atoms with Crippen LogP contribution in [0.2, 0.25) is 0 Å². The van der Waals surface area contributed by atoms with Crippen molar-refractivity contribution in [3.63, 3.8) is 0 Å². The summed E-state index contributed by atoms with van der Waals surface area (Å²) in [5.74, 6) is 3.66. The second-order valence-corrected chi connectivity index (χ2v) is 6.79. The predicted molar refractivity (Wildman–Crippen MR) is 99.4 cm³/mol. The first-order chi connectivity index (χ1) is 12.7. The standard InChI is InChI=1S/C20H22N4O2/c1-13(2)19-23-20(26-24-19)14-7-9-21-18(11-14)22-12-15-8-10-25-17-6-4-3-5-16(15)17/h3-7,9,11,13,15H,8,10,12H2,1-2H3,(H,21,22). The van der Waals surface area contributed by atoms with Crippen LogP contribution in [0.5, 0.6) is 5.75 Å². The summed E-state index contributed by atoms with van der Waals surface area (Å²) in [6.07, 6.45) is 2.75. The Labute approximate surface area is 152 Å². The molecule has 1 aliphatic rings. The van der Waals surface area contributed by atoms with Gasteiger partial charge >= 0.3 is 0 Å². The van der Waals surface area contributed by atoms with Crippen molar-refractivity contribution in [2.75, 3.05) is 18.5 Å². The fourth-order valence-corrected chi connectivity index (χ4v) is 3.10. The number of hydrogen-bond donors (Lipinski definition) is 1. The summed E-state index contributed by atoms with van der Waals surface area (Å²) in [7, 11) is 0. The largest absolute Gasteiger partial charge is 0.493 e. The Hall–Kier alpha value is -2.89. The lowest BCUT2D eigenvalue weighted by atomic mass is 9.93. The molecule has 6 nitrogen and oxygen atoms in total. The van der Waals surface area contributed by atoms with E-state index in [1.54, 1.807) is 6.20 Å². The predicted octanol–water partition coefficient (Wildman–Crippen LogP) is 4.23. The highest BCUT2D eigenvalue weighted by Crippen LogP contribution is 2.33. The van der Waals surface area contributed by atoms with Gasteiger partial charge in [0.1, 0.15) is 11.6 Å². The van der Waals surface area contributed by atoms with Crippen molar-refractivity contribution in [3.8, 4) is 17.2 Å². The van der Waals surface area contributed by atoms with E-state index in [1.807, 2.05) is 38.1 Å². The lowest BCUT2D eigenvalue weighted by Gasteiger charge is -2.26. The molecule has 6 heteroatoms. The zero-order valence-electron chi connectivity index (χ0n) is 15.0. The summed E-state index contributed by atoms with van der Waals surface area (Å²) >= 11 is 0. The minimum atomic E-state index is 0.237. The van der Waals surface area contributed by atoms with Crippen molar-refractivity contribution in [2.24, 2.45) is 0 Å². The molecule has 1 N–H and O–H groups in total. The SMILES string of the molecule is CC(C)c1noc(-c2ccnc(NCC3CCOc4ccccc43)c2)n1. The zero-order valence-corrected chi connectivity index (χ0v) is 15.0. The van der Waals surface area contributed by atoms with Gasteiger partial charge in [-0.1, -0.05) is 37.2 Å². The van der Waals surface area contributed by atoms with Crippen LogP contribution < -0.4 is 10.1 Å². The lowest BCUT2D eigenvalue weighted by Crippen LogP contribution is -2.21. The number of nitrogens with zero attached hydrogens (tertiary/aromatic N) is 3. The maximum atomic E-state index is 5.73. The molecule has 0 amide bonds. The van der Waals surface area contributed by atoms with E-state index in [2.05, 4.69) is 32.6 Å². The van der Waals surface area contributed by atoms with E-state index in [0.29, 0.717) is 17.6 Å². The fourth-order valence-electron chi connectivity index (χ4n) is 3.10. The van der Waals surface area contributed by atoms with Crippen LogP contribution >= 0.6 is 0 Å². The number of aromatic nitrogens is 3. The third kappa shape index (κ3) is 3.40. The number of para-hydroxylation sites is 1. The highest BCUT2D eigenvalue weighted by Gasteiger charge is 2.21. The number of anilines is 1. The molecule has 134 valence electrons. The van der Waals surface area contributed by atoms with Gasteiger partial charge in [-0.15, -0.1) is 0 Å². The van der Waals surface area contributed by atoms with Gasteiger partial charge in [0.2, 0.25) is 0 Å². The van der Waals surface area contributed by atoms with Crippen molar-refractivity contribution in [3.05, 3.63) is 54.0 Å². The molecule has 0 saturated carbocycles. The second-order valence-electron chi connectivity index (χ2n) is 6.79. The monoisotopic (exact) mass is 350 g/mol. The molecule has 4 rings (SSSR count). The van der Waals surface area contributed by atoms with Gasteiger partial charge in [0.05, 0.1) is 6.61 Å². The molecule has 3 aromatic rings. The molecule has 26 heavy (non-hydrogen) atoms. The third-order valence-corrected chi connectivity index (χ3v) is 4.58. The average Bonchev–Trinajstić information content (AvgIpc) is 3.17. The Bertz CT molecular complexity index is 891. The quantitative estimate of drug-likeness (QED) is 0.742. The molecule has 0 radical (unpaired) electrons. The number of fused-ring (bicyclic) bond motifs is 1. The van der Waals surface area contributed by atoms with E-state index in [4.69, 9.17) is 9.26 Å². The van der Waals surface area contributed by atoms with Crippen LogP contribution in [0.1, 0.15) is 43.5 Å². The highest BCUT2D eigenvalue weighted by molar-refractivity contribution is 5.58. The van der Waals surface area contributed by atoms with Crippen LogP contribution in [0.25, 0.3) is 11.5 Å². The molecule has 2 aromatic heterocycles. The normalized spacial score (nSPS) is 16.2. The first-order valence-corrected chi connectivity index (χ1v) is 8.96. The summed E-state index contributed by atoms with van der Waals surface area (Å²) < 4.78 is 11.1. The smallest absolute Gasteiger partial charge is 0.258 e. The Morgan fingerprint density at radius 1 is 1.23 bits per heavy atom. The third-order valence-electron chi connectivity index (χ3n) is 4.58. The van der Waals surface area contributed by atoms with E-state index in [9.17, 15) is 0 Å². The molecule has 0 aliphatic carbocycles. The summed E-state index contributed by atoms with van der Waals surface area (Å²) in [5.41, 5.74) is 2.12. The van der Waals surface area contributed by atoms with E-state index < -0.39 is 0 Å². The number of benzene rings is 1. The minimum Gasteiger partial charge on any atom is -0.493 e. The Morgan fingerprint density at radius 3 is 2.96 bits per heavy atom. The Balaban J connectivity index is 1.48. The Morgan fingerprint density at radius 2 is 2.12 bits per heavy atom. The molecule has 1 aliphatic heterocycles. The van der Waals surface area contributed by atoms with Gasteiger partial charge in [-0.05, 0) is 30.2 Å². The molecule has 0 spiro atoms. The number of hydrogen-bond acceptors (Lipinski definition) is 6. The van der Waals surface area contributed by atoms with E-state index in [-0.39, 0.29) is 5.92 Å². The average molecular weight is 350 g/mol. The highest BCUT2D eigenvalue weighted by atomic mass is 16.5. The summed E-state index contributed by atoms with van der Waals surface area (Å²) in [4.78, 5) is 8.87. The Kier molecular flexibility index (Phi) is 4.56. The first-order valence-electron chi connectivity index (χ1n) is 8.96. The number of pyridine rings is 1. The molecular formula is C20H22N4O2. The number of ether oxygens (including phenoxy) is 1. The van der Waals surface area contributed by atoms with Crippen LogP contribution in [0, 0.1) is 0 Å². The van der Waals surface area contributed by atoms with Crippen molar-refractivity contribution in [1.82, 2.24) is 15.1 Å². The second kappa shape index (κ2) is 7.15. The summed E-state index contributed by atoms with van der Waals surface area (Å²) in [6.45, 7) is 5.63. The van der Waals surface area contributed by atoms with Crippen molar-refractivity contribution in [2.45, 2.75) is 32.1 Å². The van der Waals surface area contributed by atoms with Gasteiger partial charge < -0.3 is 14.6 Å². The van der Waals surface area contributed by atoms with Crippen LogP contribution in [0.3, 0.4) is 0 Å². The fraction of sp³-hybridized carbons (Fsp3) is 0.350. The van der Waals surface area contributed by atoms with Crippen LogP contribution in [0.15, 0.2) is 47.1 Å². The minimum absolute atomic E-state index is 0.237. The molecular weight excluding hydrogens is 328 g/mol. The van der Waals surface area contributed by atoms with Gasteiger partial charge in [-0.25, -0.2) is 4.98 Å². The van der Waals surface area contributed by atoms with Crippen LogP contribution in [-0.4, -0.2) is 28.3 Å². The van der Waals surface area contributed by atoms with E-state index >= 15 is 0 Å². The van der Waals surface area contributed by atoms with Gasteiger partial charge in [-0.3, -0.25) is 0 Å². The number of nitrogens with one attached hydrogen (secondary N) is 1. The van der Waals surface area contributed by atoms with Crippen molar-refractivity contribution < 1.29 is 9.26 Å². The summed E-state index contributed by atoms with van der Waals surface area (Å²) in [6, 6.07) is 12.1. The molecule has 0 fully saturated rings. The van der Waals surface area contributed by atoms with Gasteiger partial charge in [0.25, 0.3) is 5.89 Å².